The summed E-state index contributed by atoms with van der Waals surface area (Å²) in [5, 5.41) is 3.77. The van der Waals surface area contributed by atoms with Crippen LogP contribution in [-0.4, -0.2) is 19.2 Å². The summed E-state index contributed by atoms with van der Waals surface area (Å²) < 4.78 is 5.91. The van der Waals surface area contributed by atoms with E-state index in [-0.39, 0.29) is 0 Å². The van der Waals surface area contributed by atoms with E-state index in [9.17, 15) is 0 Å². The van der Waals surface area contributed by atoms with E-state index in [1.54, 1.807) is 11.1 Å². The van der Waals surface area contributed by atoms with Gasteiger partial charge in [-0.2, -0.15) is 0 Å². The molecule has 0 amide bonds. The molecular formula is C19H25NO. The quantitative estimate of drug-likeness (QED) is 0.891. The van der Waals surface area contributed by atoms with Crippen LogP contribution in [0.2, 0.25) is 0 Å². The summed E-state index contributed by atoms with van der Waals surface area (Å²) in [6.07, 6.45) is 7.18. The van der Waals surface area contributed by atoms with Gasteiger partial charge in [0.25, 0.3) is 0 Å². The SMILES string of the molecule is CCCNC(C1=CCCO1)C1C2CCc3ccccc3C21. The van der Waals surface area contributed by atoms with Crippen LogP contribution in [0, 0.1) is 11.8 Å². The molecule has 0 saturated heterocycles. The summed E-state index contributed by atoms with van der Waals surface area (Å²) in [4.78, 5) is 0. The van der Waals surface area contributed by atoms with Crippen molar-refractivity contribution in [2.24, 2.45) is 11.8 Å². The Hall–Kier alpha value is -1.28. The van der Waals surface area contributed by atoms with Gasteiger partial charge in [0.15, 0.2) is 0 Å². The first-order chi connectivity index (χ1) is 10.4. The Morgan fingerprint density at radius 3 is 3.05 bits per heavy atom. The van der Waals surface area contributed by atoms with Gasteiger partial charge in [0.05, 0.1) is 12.6 Å². The first kappa shape index (κ1) is 13.4. The highest BCUT2D eigenvalue weighted by molar-refractivity contribution is 5.41. The summed E-state index contributed by atoms with van der Waals surface area (Å²) in [7, 11) is 0. The minimum Gasteiger partial charge on any atom is -0.496 e. The molecule has 1 aromatic carbocycles. The van der Waals surface area contributed by atoms with Crippen LogP contribution in [0.1, 0.15) is 43.2 Å². The molecule has 0 aromatic heterocycles. The molecule has 1 aromatic rings. The van der Waals surface area contributed by atoms with Crippen LogP contribution in [0.15, 0.2) is 36.1 Å². The molecule has 3 aliphatic rings. The Kier molecular flexibility index (Phi) is 3.50. The highest BCUT2D eigenvalue weighted by Crippen LogP contribution is 2.62. The number of aryl methyl sites for hydroxylation is 1. The molecule has 1 N–H and O–H groups in total. The number of ether oxygens (including phenoxy) is 1. The number of benzene rings is 1. The smallest absolute Gasteiger partial charge is 0.109 e. The zero-order valence-electron chi connectivity index (χ0n) is 12.8. The Labute approximate surface area is 127 Å². The van der Waals surface area contributed by atoms with E-state index in [1.807, 2.05) is 0 Å². The van der Waals surface area contributed by atoms with E-state index >= 15 is 0 Å². The average molecular weight is 283 g/mol. The monoisotopic (exact) mass is 283 g/mol. The van der Waals surface area contributed by atoms with Crippen molar-refractivity contribution in [2.45, 2.75) is 44.6 Å². The average Bonchev–Trinajstić information content (AvgIpc) is 3.00. The third-order valence-electron chi connectivity index (χ3n) is 5.43. The van der Waals surface area contributed by atoms with Crippen LogP contribution in [-0.2, 0) is 11.2 Å². The summed E-state index contributed by atoms with van der Waals surface area (Å²) in [5.74, 6) is 3.58. The van der Waals surface area contributed by atoms with E-state index in [1.165, 1.54) is 25.0 Å². The van der Waals surface area contributed by atoms with Crippen molar-refractivity contribution in [3.05, 3.63) is 47.2 Å². The molecule has 21 heavy (non-hydrogen) atoms. The maximum atomic E-state index is 5.91. The van der Waals surface area contributed by atoms with E-state index in [0.717, 1.165) is 37.3 Å². The van der Waals surface area contributed by atoms with Crippen molar-refractivity contribution in [2.75, 3.05) is 13.2 Å². The molecular weight excluding hydrogens is 258 g/mol. The molecule has 2 aliphatic carbocycles. The highest BCUT2D eigenvalue weighted by Gasteiger charge is 2.57. The predicted molar refractivity (Wildman–Crippen MR) is 85.2 cm³/mol. The zero-order chi connectivity index (χ0) is 14.2. The number of fused-ring (bicyclic) bond motifs is 3. The molecule has 2 nitrogen and oxygen atoms in total. The third-order valence-corrected chi connectivity index (χ3v) is 5.43. The second-order valence-corrected chi connectivity index (χ2v) is 6.68. The molecule has 1 aliphatic heterocycles. The third kappa shape index (κ3) is 2.30. The molecule has 0 radical (unpaired) electrons. The van der Waals surface area contributed by atoms with Gasteiger partial charge in [-0.05, 0) is 60.8 Å². The van der Waals surface area contributed by atoms with Gasteiger partial charge in [-0.3, -0.25) is 0 Å². The Bertz CT molecular complexity index is 550. The minimum atomic E-state index is 0.439. The van der Waals surface area contributed by atoms with Crippen LogP contribution in [0.4, 0.5) is 0 Å². The molecule has 1 fully saturated rings. The van der Waals surface area contributed by atoms with Crippen molar-refractivity contribution in [3.8, 4) is 0 Å². The van der Waals surface area contributed by atoms with E-state index < -0.39 is 0 Å². The molecule has 1 saturated carbocycles. The number of hydrogen-bond acceptors (Lipinski definition) is 2. The lowest BCUT2D eigenvalue weighted by atomic mass is 9.92. The van der Waals surface area contributed by atoms with Gasteiger partial charge >= 0.3 is 0 Å². The zero-order valence-corrected chi connectivity index (χ0v) is 12.8. The largest absolute Gasteiger partial charge is 0.496 e. The second kappa shape index (κ2) is 5.49. The predicted octanol–water partition coefficient (Wildman–Crippen LogP) is 3.63. The Balaban J connectivity index is 1.58. The van der Waals surface area contributed by atoms with Gasteiger partial charge in [-0.1, -0.05) is 31.2 Å². The molecule has 4 rings (SSSR count). The maximum Gasteiger partial charge on any atom is 0.109 e. The van der Waals surface area contributed by atoms with Crippen molar-refractivity contribution in [3.63, 3.8) is 0 Å². The minimum absolute atomic E-state index is 0.439. The fourth-order valence-corrected chi connectivity index (χ4v) is 4.45. The fourth-order valence-electron chi connectivity index (χ4n) is 4.45. The molecule has 0 bridgehead atoms. The van der Waals surface area contributed by atoms with Crippen molar-refractivity contribution in [1.82, 2.24) is 5.32 Å². The first-order valence-corrected chi connectivity index (χ1v) is 8.54. The summed E-state index contributed by atoms with van der Waals surface area (Å²) >= 11 is 0. The van der Waals surface area contributed by atoms with Crippen LogP contribution < -0.4 is 5.32 Å². The van der Waals surface area contributed by atoms with Crippen LogP contribution in [0.3, 0.4) is 0 Å². The molecule has 4 atom stereocenters. The standard InChI is InChI=1S/C19H25NO/c1-2-11-20-19(16-8-5-12-21-16)18-15-10-9-13-6-3-4-7-14(13)17(15)18/h3-4,6-8,15,17-20H,2,5,9-12H2,1H3. The molecule has 2 heteroatoms. The van der Waals surface area contributed by atoms with E-state index in [2.05, 4.69) is 42.6 Å². The lowest BCUT2D eigenvalue weighted by Crippen LogP contribution is -2.34. The van der Waals surface area contributed by atoms with Crippen molar-refractivity contribution in [1.29, 1.82) is 0 Å². The van der Waals surface area contributed by atoms with E-state index in [0.29, 0.717) is 6.04 Å². The number of rotatable bonds is 5. The van der Waals surface area contributed by atoms with Gasteiger partial charge in [-0.15, -0.1) is 0 Å². The van der Waals surface area contributed by atoms with Crippen LogP contribution >= 0.6 is 0 Å². The van der Waals surface area contributed by atoms with Gasteiger partial charge in [0.1, 0.15) is 5.76 Å². The molecule has 112 valence electrons. The van der Waals surface area contributed by atoms with Crippen LogP contribution in [0.5, 0.6) is 0 Å². The van der Waals surface area contributed by atoms with Gasteiger partial charge in [0, 0.05) is 6.42 Å². The molecule has 0 spiro atoms. The summed E-state index contributed by atoms with van der Waals surface area (Å²) in [5.41, 5.74) is 3.19. The fraction of sp³-hybridized carbons (Fsp3) is 0.579. The highest BCUT2D eigenvalue weighted by atomic mass is 16.5. The Morgan fingerprint density at radius 1 is 1.33 bits per heavy atom. The van der Waals surface area contributed by atoms with Crippen molar-refractivity contribution >= 4 is 0 Å². The molecule has 4 unspecified atom stereocenters. The summed E-state index contributed by atoms with van der Waals surface area (Å²) in [6.45, 7) is 4.20. The lowest BCUT2D eigenvalue weighted by molar-refractivity contribution is 0.205. The van der Waals surface area contributed by atoms with Crippen molar-refractivity contribution < 1.29 is 4.74 Å². The van der Waals surface area contributed by atoms with Gasteiger partial charge in [-0.25, -0.2) is 0 Å². The normalized spacial score (nSPS) is 30.9. The lowest BCUT2D eigenvalue weighted by Gasteiger charge is -2.20. The van der Waals surface area contributed by atoms with Gasteiger partial charge < -0.3 is 10.1 Å². The molecule has 1 heterocycles. The van der Waals surface area contributed by atoms with Crippen LogP contribution in [0.25, 0.3) is 0 Å². The maximum absolute atomic E-state index is 5.91. The Morgan fingerprint density at radius 2 is 2.24 bits per heavy atom. The van der Waals surface area contributed by atoms with E-state index in [4.69, 9.17) is 4.74 Å². The number of hydrogen-bond donors (Lipinski definition) is 1. The summed E-state index contributed by atoms with van der Waals surface area (Å²) in [6, 6.07) is 9.50. The topological polar surface area (TPSA) is 21.3 Å². The first-order valence-electron chi connectivity index (χ1n) is 8.54. The van der Waals surface area contributed by atoms with Gasteiger partial charge in [0.2, 0.25) is 0 Å². The second-order valence-electron chi connectivity index (χ2n) is 6.68. The number of nitrogens with one attached hydrogen (secondary N) is 1.